The Balaban J connectivity index is 2.89. The molecule has 1 rings (SSSR count). The summed E-state index contributed by atoms with van der Waals surface area (Å²) < 4.78 is 24.8. The number of hydrogen-bond donors (Lipinski definition) is 1. The summed E-state index contributed by atoms with van der Waals surface area (Å²) in [6.45, 7) is 3.66. The van der Waals surface area contributed by atoms with E-state index in [1.54, 1.807) is 18.2 Å². The van der Waals surface area contributed by atoms with E-state index in [2.05, 4.69) is 5.32 Å². The summed E-state index contributed by atoms with van der Waals surface area (Å²) in [5.74, 6) is -0.332. The Morgan fingerprint density at radius 1 is 1.43 bits per heavy atom. The Morgan fingerprint density at radius 3 is 2.62 bits per heavy atom. The van der Waals surface area contributed by atoms with Crippen molar-refractivity contribution in [3.63, 3.8) is 0 Å². The second-order valence-electron chi connectivity index (χ2n) is 5.01. The lowest BCUT2D eigenvalue weighted by Crippen LogP contribution is -2.43. The van der Waals surface area contributed by atoms with E-state index in [4.69, 9.17) is 11.6 Å². The van der Waals surface area contributed by atoms with Gasteiger partial charge in [-0.05, 0) is 31.5 Å². The first-order valence-corrected chi connectivity index (χ1v) is 8.99. The normalized spacial score (nSPS) is 12.8. The molecule has 1 N–H and O–H groups in total. The molecule has 0 aliphatic heterocycles. The van der Waals surface area contributed by atoms with Crippen molar-refractivity contribution in [3.05, 3.63) is 29.3 Å². The number of sulfonamides is 1. The summed E-state index contributed by atoms with van der Waals surface area (Å²) in [6.07, 6.45) is 2.87. The molecule has 0 saturated heterocycles. The highest BCUT2D eigenvalue weighted by atomic mass is 35.5. The van der Waals surface area contributed by atoms with Crippen LogP contribution in [0.4, 0.5) is 5.69 Å². The molecule has 0 aromatic heterocycles. The molecule has 7 heteroatoms. The monoisotopic (exact) mass is 332 g/mol. The number of benzene rings is 1. The van der Waals surface area contributed by atoms with Crippen molar-refractivity contribution >= 4 is 33.2 Å². The topological polar surface area (TPSA) is 66.5 Å². The van der Waals surface area contributed by atoms with Gasteiger partial charge in [-0.2, -0.15) is 0 Å². The van der Waals surface area contributed by atoms with Gasteiger partial charge in [0.25, 0.3) is 0 Å². The average molecular weight is 333 g/mol. The van der Waals surface area contributed by atoms with Crippen LogP contribution in [0.1, 0.15) is 26.7 Å². The molecule has 0 aliphatic carbocycles. The van der Waals surface area contributed by atoms with Crippen LogP contribution in [0.15, 0.2) is 24.3 Å². The van der Waals surface area contributed by atoms with Crippen molar-refractivity contribution in [2.24, 2.45) is 0 Å². The molecular weight excluding hydrogens is 312 g/mol. The molecule has 1 aromatic carbocycles. The van der Waals surface area contributed by atoms with Gasteiger partial charge >= 0.3 is 0 Å². The van der Waals surface area contributed by atoms with E-state index in [9.17, 15) is 13.2 Å². The molecule has 1 aromatic rings. The van der Waals surface area contributed by atoms with Crippen molar-refractivity contribution in [3.8, 4) is 0 Å². The third-order valence-electron chi connectivity index (χ3n) is 2.91. The number of carbonyl (C=O) groups is 1. The molecular formula is C14H21ClN2O3S. The van der Waals surface area contributed by atoms with Gasteiger partial charge < -0.3 is 5.32 Å². The largest absolute Gasteiger partial charge is 0.352 e. The van der Waals surface area contributed by atoms with E-state index in [0.717, 1.165) is 23.4 Å². The van der Waals surface area contributed by atoms with Crippen LogP contribution in [0, 0.1) is 0 Å². The summed E-state index contributed by atoms with van der Waals surface area (Å²) in [5, 5.41) is 3.21. The number of nitrogens with one attached hydrogen (secondary N) is 1. The van der Waals surface area contributed by atoms with E-state index in [-0.39, 0.29) is 18.5 Å². The molecule has 0 saturated carbocycles. The van der Waals surface area contributed by atoms with Gasteiger partial charge in [-0.25, -0.2) is 8.42 Å². The van der Waals surface area contributed by atoms with Gasteiger partial charge in [0.15, 0.2) is 0 Å². The molecule has 5 nitrogen and oxygen atoms in total. The van der Waals surface area contributed by atoms with Gasteiger partial charge in [0.1, 0.15) is 6.54 Å². The molecule has 0 unspecified atom stereocenters. The maximum absolute atomic E-state index is 12.0. The summed E-state index contributed by atoms with van der Waals surface area (Å²) in [7, 11) is -3.56. The van der Waals surface area contributed by atoms with Gasteiger partial charge in [-0.1, -0.05) is 31.0 Å². The van der Waals surface area contributed by atoms with E-state index in [0.29, 0.717) is 10.7 Å². The Hall–Kier alpha value is -1.27. The van der Waals surface area contributed by atoms with Crippen LogP contribution >= 0.6 is 11.6 Å². The molecule has 118 valence electrons. The van der Waals surface area contributed by atoms with Crippen LogP contribution < -0.4 is 9.62 Å². The van der Waals surface area contributed by atoms with Crippen molar-refractivity contribution in [1.82, 2.24) is 5.32 Å². The Morgan fingerprint density at radius 2 is 2.10 bits per heavy atom. The highest BCUT2D eigenvalue weighted by Gasteiger charge is 2.21. The van der Waals surface area contributed by atoms with Crippen LogP contribution in [0.25, 0.3) is 0 Å². The van der Waals surface area contributed by atoms with Gasteiger partial charge in [-0.15, -0.1) is 0 Å². The summed E-state index contributed by atoms with van der Waals surface area (Å²) in [5.41, 5.74) is 0.378. The second-order valence-corrected chi connectivity index (χ2v) is 7.35. The predicted molar refractivity (Wildman–Crippen MR) is 86.2 cm³/mol. The minimum Gasteiger partial charge on any atom is -0.352 e. The van der Waals surface area contributed by atoms with Gasteiger partial charge in [0.05, 0.1) is 11.9 Å². The van der Waals surface area contributed by atoms with Crippen molar-refractivity contribution < 1.29 is 13.2 Å². The number of carbonyl (C=O) groups excluding carboxylic acids is 1. The fourth-order valence-corrected chi connectivity index (χ4v) is 3.02. The van der Waals surface area contributed by atoms with Crippen molar-refractivity contribution in [1.29, 1.82) is 0 Å². The first-order chi connectivity index (χ1) is 9.74. The molecule has 0 bridgehead atoms. The molecule has 0 heterocycles. The molecule has 0 aliphatic rings. The number of rotatable bonds is 7. The highest BCUT2D eigenvalue weighted by molar-refractivity contribution is 7.92. The van der Waals surface area contributed by atoms with Crippen molar-refractivity contribution in [2.75, 3.05) is 17.1 Å². The van der Waals surface area contributed by atoms with Gasteiger partial charge in [-0.3, -0.25) is 9.10 Å². The number of nitrogens with zero attached hydrogens (tertiary/aromatic N) is 1. The lowest BCUT2D eigenvalue weighted by Gasteiger charge is -2.23. The molecule has 1 atom stereocenters. The maximum atomic E-state index is 12.0. The molecule has 1 amide bonds. The standard InChI is InChI=1S/C14H21ClN2O3S/c1-4-6-11(2)16-14(18)10-17(21(3,19)20)13-8-5-7-12(15)9-13/h5,7-9,11H,4,6,10H2,1-3H3,(H,16,18)/t11-/m0/s1. The molecule has 0 fully saturated rings. The number of anilines is 1. The Labute approximate surface area is 131 Å². The Bertz CT molecular complexity index is 590. The fraction of sp³-hybridized carbons (Fsp3) is 0.500. The molecule has 21 heavy (non-hydrogen) atoms. The zero-order valence-corrected chi connectivity index (χ0v) is 14.0. The van der Waals surface area contributed by atoms with E-state index < -0.39 is 10.0 Å². The third kappa shape index (κ3) is 5.93. The summed E-state index contributed by atoms with van der Waals surface area (Å²) in [4.78, 5) is 12.0. The zero-order chi connectivity index (χ0) is 16.0. The fourth-order valence-electron chi connectivity index (χ4n) is 1.99. The van der Waals surface area contributed by atoms with Crippen LogP contribution in [0.3, 0.4) is 0 Å². The SMILES string of the molecule is CCC[C@H](C)NC(=O)CN(c1cccc(Cl)c1)S(C)(=O)=O. The highest BCUT2D eigenvalue weighted by Crippen LogP contribution is 2.21. The number of hydrogen-bond acceptors (Lipinski definition) is 3. The van der Waals surface area contributed by atoms with Gasteiger partial charge in [0.2, 0.25) is 15.9 Å². The smallest absolute Gasteiger partial charge is 0.240 e. The lowest BCUT2D eigenvalue weighted by molar-refractivity contribution is -0.120. The quantitative estimate of drug-likeness (QED) is 0.833. The van der Waals surface area contributed by atoms with Crippen LogP contribution in [0.5, 0.6) is 0 Å². The Kier molecular flexibility index (Phi) is 6.48. The van der Waals surface area contributed by atoms with E-state index in [1.807, 2.05) is 13.8 Å². The van der Waals surface area contributed by atoms with Crippen molar-refractivity contribution in [2.45, 2.75) is 32.7 Å². The van der Waals surface area contributed by atoms with Crippen LogP contribution in [-0.4, -0.2) is 33.2 Å². The maximum Gasteiger partial charge on any atom is 0.240 e. The zero-order valence-electron chi connectivity index (χ0n) is 12.5. The second kappa shape index (κ2) is 7.66. The number of halogens is 1. The average Bonchev–Trinajstić information content (AvgIpc) is 2.34. The first-order valence-electron chi connectivity index (χ1n) is 6.76. The summed E-state index contributed by atoms with van der Waals surface area (Å²) >= 11 is 5.88. The molecule has 0 radical (unpaired) electrons. The lowest BCUT2D eigenvalue weighted by atomic mass is 10.2. The minimum atomic E-state index is -3.56. The van der Waals surface area contributed by atoms with Crippen LogP contribution in [0.2, 0.25) is 5.02 Å². The van der Waals surface area contributed by atoms with Gasteiger partial charge in [0, 0.05) is 11.1 Å². The summed E-state index contributed by atoms with van der Waals surface area (Å²) in [6, 6.07) is 6.44. The predicted octanol–water partition coefficient (Wildman–Crippen LogP) is 2.41. The number of amides is 1. The van der Waals surface area contributed by atoms with E-state index in [1.165, 1.54) is 6.07 Å². The first kappa shape index (κ1) is 17.8. The third-order valence-corrected chi connectivity index (χ3v) is 4.29. The minimum absolute atomic E-state index is 0.0169. The van der Waals surface area contributed by atoms with Crippen LogP contribution in [-0.2, 0) is 14.8 Å². The molecule has 0 spiro atoms. The van der Waals surface area contributed by atoms with E-state index >= 15 is 0 Å².